The van der Waals surface area contributed by atoms with E-state index in [-0.39, 0.29) is 0 Å². The molecule has 2 aromatic heterocycles. The van der Waals surface area contributed by atoms with Gasteiger partial charge in [-0.1, -0.05) is 11.6 Å². The van der Waals surface area contributed by atoms with Crippen molar-refractivity contribution in [3.05, 3.63) is 35.0 Å². The first-order valence-electron chi connectivity index (χ1n) is 5.33. The van der Waals surface area contributed by atoms with Gasteiger partial charge in [0.25, 0.3) is 0 Å². The molecule has 2 rings (SSSR count). The number of anilines is 1. The van der Waals surface area contributed by atoms with Gasteiger partial charge in [-0.05, 0) is 12.1 Å². The second kappa shape index (κ2) is 5.47. The van der Waals surface area contributed by atoms with Crippen molar-refractivity contribution in [1.29, 1.82) is 5.26 Å². The zero-order chi connectivity index (χ0) is 13.0. The first-order chi connectivity index (χ1) is 8.67. The zero-order valence-electron chi connectivity index (χ0n) is 9.76. The average molecular weight is 263 g/mol. The highest BCUT2D eigenvalue weighted by Gasteiger charge is 2.02. The fourth-order valence-corrected chi connectivity index (χ4v) is 1.66. The highest BCUT2D eigenvalue weighted by atomic mass is 35.5. The van der Waals surface area contributed by atoms with Gasteiger partial charge in [0, 0.05) is 20.0 Å². The van der Waals surface area contributed by atoms with E-state index in [1.807, 2.05) is 13.1 Å². The quantitative estimate of drug-likeness (QED) is 0.843. The van der Waals surface area contributed by atoms with Crippen molar-refractivity contribution in [1.82, 2.24) is 19.7 Å². The van der Waals surface area contributed by atoms with Crippen LogP contribution in [0.15, 0.2) is 18.5 Å². The highest BCUT2D eigenvalue weighted by molar-refractivity contribution is 6.29. The summed E-state index contributed by atoms with van der Waals surface area (Å²) in [4.78, 5) is 8.19. The molecule has 0 aliphatic heterocycles. The molecule has 0 amide bonds. The molecule has 0 saturated carbocycles. The number of pyridine rings is 1. The zero-order valence-corrected chi connectivity index (χ0v) is 10.5. The van der Waals surface area contributed by atoms with E-state index in [0.717, 1.165) is 5.82 Å². The van der Waals surface area contributed by atoms with Crippen molar-refractivity contribution in [2.75, 3.05) is 11.9 Å². The van der Waals surface area contributed by atoms with Gasteiger partial charge in [-0.15, -0.1) is 0 Å². The smallest absolute Gasteiger partial charge is 0.152 e. The number of hydrogen-bond acceptors (Lipinski definition) is 5. The maximum Gasteiger partial charge on any atom is 0.152 e. The lowest BCUT2D eigenvalue weighted by Crippen LogP contribution is -2.08. The molecule has 0 spiro atoms. The SMILES string of the molecule is Cn1cnc(CCNc2cc(C#N)cc(Cl)n2)n1. The Balaban J connectivity index is 1.94. The second-order valence-corrected chi connectivity index (χ2v) is 4.07. The third kappa shape index (κ3) is 3.18. The maximum absolute atomic E-state index is 8.81. The van der Waals surface area contributed by atoms with Crippen molar-refractivity contribution >= 4 is 17.4 Å². The first-order valence-corrected chi connectivity index (χ1v) is 5.71. The van der Waals surface area contributed by atoms with Gasteiger partial charge in [0.05, 0.1) is 11.6 Å². The lowest BCUT2D eigenvalue weighted by atomic mass is 10.3. The van der Waals surface area contributed by atoms with Gasteiger partial charge in [-0.2, -0.15) is 10.4 Å². The summed E-state index contributed by atoms with van der Waals surface area (Å²) in [6.45, 7) is 0.627. The van der Waals surface area contributed by atoms with Crippen molar-refractivity contribution in [2.45, 2.75) is 6.42 Å². The first kappa shape index (κ1) is 12.3. The van der Waals surface area contributed by atoms with Crippen LogP contribution < -0.4 is 5.32 Å². The number of aryl methyl sites for hydroxylation is 1. The Kier molecular flexibility index (Phi) is 3.75. The van der Waals surface area contributed by atoms with Crippen LogP contribution >= 0.6 is 11.6 Å². The number of halogens is 1. The molecule has 0 aromatic carbocycles. The lowest BCUT2D eigenvalue weighted by Gasteiger charge is -2.04. The van der Waals surface area contributed by atoms with Gasteiger partial charge in [-0.25, -0.2) is 9.97 Å². The lowest BCUT2D eigenvalue weighted by molar-refractivity contribution is 0.742. The van der Waals surface area contributed by atoms with Gasteiger partial charge in [0.1, 0.15) is 17.3 Å². The van der Waals surface area contributed by atoms with Gasteiger partial charge >= 0.3 is 0 Å². The number of nitrogens with zero attached hydrogens (tertiary/aromatic N) is 5. The molecule has 2 aromatic rings. The summed E-state index contributed by atoms with van der Waals surface area (Å²) >= 11 is 5.80. The molecule has 0 fully saturated rings. The molecule has 0 aliphatic carbocycles. The van der Waals surface area contributed by atoms with E-state index in [9.17, 15) is 0 Å². The third-order valence-corrected chi connectivity index (χ3v) is 2.42. The van der Waals surface area contributed by atoms with E-state index in [0.29, 0.717) is 29.5 Å². The number of aromatic nitrogens is 4. The molecule has 0 bridgehead atoms. The predicted octanol–water partition coefficient (Wildman–Crippen LogP) is 1.39. The number of nitrogens with one attached hydrogen (secondary N) is 1. The van der Waals surface area contributed by atoms with Crippen LogP contribution in [0.5, 0.6) is 0 Å². The standard InChI is InChI=1S/C11H11ClN6/c1-18-7-15-10(17-18)2-3-14-11-5-8(6-13)4-9(12)16-11/h4-5,7H,2-3H2,1H3,(H,14,16). The minimum absolute atomic E-state index is 0.299. The Morgan fingerprint density at radius 1 is 1.50 bits per heavy atom. The summed E-state index contributed by atoms with van der Waals surface area (Å²) in [6, 6.07) is 5.20. The number of nitriles is 1. The predicted molar refractivity (Wildman–Crippen MR) is 67.2 cm³/mol. The van der Waals surface area contributed by atoms with Gasteiger partial charge in [0.15, 0.2) is 5.82 Å². The minimum Gasteiger partial charge on any atom is -0.370 e. The topological polar surface area (TPSA) is 79.4 Å². The molecule has 2 heterocycles. The van der Waals surface area contributed by atoms with Crippen LogP contribution in [0.4, 0.5) is 5.82 Å². The number of rotatable bonds is 4. The molecule has 92 valence electrons. The van der Waals surface area contributed by atoms with Gasteiger partial charge in [0.2, 0.25) is 0 Å². The van der Waals surface area contributed by atoms with Crippen molar-refractivity contribution in [2.24, 2.45) is 7.05 Å². The van der Waals surface area contributed by atoms with Crippen LogP contribution in [0.1, 0.15) is 11.4 Å². The Hall–Kier alpha value is -2.13. The second-order valence-electron chi connectivity index (χ2n) is 3.69. The molecular formula is C11H11ClN6. The molecule has 18 heavy (non-hydrogen) atoms. The Bertz CT molecular complexity index is 585. The average Bonchev–Trinajstić information content (AvgIpc) is 2.74. The summed E-state index contributed by atoms with van der Waals surface area (Å²) < 4.78 is 1.65. The van der Waals surface area contributed by atoms with Crippen LogP contribution in [-0.4, -0.2) is 26.3 Å². The molecule has 1 N–H and O–H groups in total. The van der Waals surface area contributed by atoms with Crippen LogP contribution in [0, 0.1) is 11.3 Å². The third-order valence-electron chi connectivity index (χ3n) is 2.22. The van der Waals surface area contributed by atoms with Crippen LogP contribution in [0.25, 0.3) is 0 Å². The fourth-order valence-electron chi connectivity index (χ4n) is 1.45. The van der Waals surface area contributed by atoms with E-state index in [2.05, 4.69) is 20.4 Å². The molecular weight excluding hydrogens is 252 g/mol. The number of hydrogen-bond donors (Lipinski definition) is 1. The largest absolute Gasteiger partial charge is 0.370 e. The van der Waals surface area contributed by atoms with Crippen molar-refractivity contribution < 1.29 is 0 Å². The van der Waals surface area contributed by atoms with Crippen molar-refractivity contribution in [3.63, 3.8) is 0 Å². The van der Waals surface area contributed by atoms with E-state index in [1.165, 1.54) is 6.07 Å². The van der Waals surface area contributed by atoms with Gasteiger partial charge < -0.3 is 5.32 Å². The molecule has 0 radical (unpaired) electrons. The summed E-state index contributed by atoms with van der Waals surface area (Å²) in [5, 5.41) is 16.3. The summed E-state index contributed by atoms with van der Waals surface area (Å²) in [6.07, 6.45) is 2.33. The summed E-state index contributed by atoms with van der Waals surface area (Å²) in [7, 11) is 1.82. The summed E-state index contributed by atoms with van der Waals surface area (Å²) in [5.41, 5.74) is 0.480. The fraction of sp³-hybridized carbons (Fsp3) is 0.273. The Morgan fingerprint density at radius 3 is 3.00 bits per heavy atom. The maximum atomic E-state index is 8.81. The van der Waals surface area contributed by atoms with Gasteiger partial charge in [-0.3, -0.25) is 4.68 Å². The molecule has 7 heteroatoms. The molecule has 0 atom stereocenters. The minimum atomic E-state index is 0.299. The molecule has 0 unspecified atom stereocenters. The Labute approximate surface area is 109 Å². The monoisotopic (exact) mass is 262 g/mol. The van der Waals surface area contributed by atoms with Crippen LogP contribution in [-0.2, 0) is 13.5 Å². The van der Waals surface area contributed by atoms with E-state index >= 15 is 0 Å². The van der Waals surface area contributed by atoms with Crippen LogP contribution in [0.2, 0.25) is 5.15 Å². The Morgan fingerprint density at radius 2 is 2.33 bits per heavy atom. The molecule has 0 aliphatic rings. The van der Waals surface area contributed by atoms with Crippen molar-refractivity contribution in [3.8, 4) is 6.07 Å². The van der Waals surface area contributed by atoms with E-state index in [1.54, 1.807) is 17.1 Å². The normalized spacial score (nSPS) is 10.1. The van der Waals surface area contributed by atoms with E-state index in [4.69, 9.17) is 16.9 Å². The highest BCUT2D eigenvalue weighted by Crippen LogP contribution is 2.13. The molecule has 0 saturated heterocycles. The van der Waals surface area contributed by atoms with E-state index < -0.39 is 0 Å². The molecule has 6 nitrogen and oxygen atoms in total. The van der Waals surface area contributed by atoms with Crippen LogP contribution in [0.3, 0.4) is 0 Å². The summed E-state index contributed by atoms with van der Waals surface area (Å²) in [5.74, 6) is 1.34.